The molecule has 0 saturated carbocycles. The summed E-state index contributed by atoms with van der Waals surface area (Å²) in [6.45, 7) is 5.15. The normalized spacial score (nSPS) is 15.1. The van der Waals surface area contributed by atoms with E-state index in [-0.39, 0.29) is 29.7 Å². The van der Waals surface area contributed by atoms with Crippen LogP contribution < -0.4 is 0 Å². The Labute approximate surface area is 173 Å². The zero-order valence-corrected chi connectivity index (χ0v) is 17.5. The van der Waals surface area contributed by atoms with Gasteiger partial charge in [0, 0.05) is 11.7 Å². The number of hydrogen-bond donors (Lipinski definition) is 0. The number of rotatable bonds is 5. The molecule has 1 aromatic carbocycles. The Morgan fingerprint density at radius 3 is 2.67 bits per heavy atom. The van der Waals surface area contributed by atoms with Crippen LogP contribution in [0.4, 0.5) is 0 Å². The van der Waals surface area contributed by atoms with Crippen molar-refractivity contribution in [2.24, 2.45) is 0 Å². The molecule has 0 saturated heterocycles. The van der Waals surface area contributed by atoms with Gasteiger partial charge in [-0.2, -0.15) is 5.10 Å². The second kappa shape index (κ2) is 7.21. The lowest BCUT2D eigenvalue weighted by atomic mass is 10.1. The maximum atomic E-state index is 12.7. The van der Waals surface area contributed by atoms with Crippen molar-refractivity contribution in [1.29, 1.82) is 0 Å². The number of sulfonamides is 1. The molecule has 1 aliphatic rings. The number of pyridine rings is 1. The van der Waals surface area contributed by atoms with E-state index in [0.717, 1.165) is 4.31 Å². The molecule has 0 atom stereocenters. The SMILES string of the molecule is Cc1cc(C(=O)OCCN2C(=O)c3ccccc3S2(=O)=O)c2cnn(C(C)C)c2n1. The van der Waals surface area contributed by atoms with Crippen LogP contribution in [0.3, 0.4) is 0 Å². The van der Waals surface area contributed by atoms with E-state index in [1.807, 2.05) is 13.8 Å². The Hall–Kier alpha value is -3.27. The summed E-state index contributed by atoms with van der Waals surface area (Å²) in [6.07, 6.45) is 1.56. The van der Waals surface area contributed by atoms with Gasteiger partial charge in [-0.15, -0.1) is 0 Å². The van der Waals surface area contributed by atoms with Crippen molar-refractivity contribution >= 4 is 32.9 Å². The minimum Gasteiger partial charge on any atom is -0.460 e. The quantitative estimate of drug-likeness (QED) is 0.573. The lowest BCUT2D eigenvalue weighted by Gasteiger charge is -2.15. The minimum atomic E-state index is -3.94. The molecule has 0 fully saturated rings. The first kappa shape index (κ1) is 20.0. The summed E-state index contributed by atoms with van der Waals surface area (Å²) in [4.78, 5) is 29.5. The van der Waals surface area contributed by atoms with Gasteiger partial charge in [0.15, 0.2) is 5.65 Å². The lowest BCUT2D eigenvalue weighted by Crippen LogP contribution is -2.33. The van der Waals surface area contributed by atoms with Crippen LogP contribution in [0, 0.1) is 6.92 Å². The van der Waals surface area contributed by atoms with Crippen molar-refractivity contribution in [2.75, 3.05) is 13.2 Å². The smallest absolute Gasteiger partial charge is 0.339 e. The van der Waals surface area contributed by atoms with E-state index in [1.165, 1.54) is 12.1 Å². The third-order valence-corrected chi connectivity index (χ3v) is 6.68. The first-order valence-electron chi connectivity index (χ1n) is 9.40. The van der Waals surface area contributed by atoms with Crippen molar-refractivity contribution in [3.05, 3.63) is 53.3 Å². The Bertz CT molecular complexity index is 1280. The second-order valence-corrected chi connectivity index (χ2v) is 9.08. The monoisotopic (exact) mass is 428 g/mol. The molecule has 3 heterocycles. The number of hydrogen-bond acceptors (Lipinski definition) is 7. The van der Waals surface area contributed by atoms with Crippen LogP contribution in [0.25, 0.3) is 11.0 Å². The van der Waals surface area contributed by atoms with Gasteiger partial charge >= 0.3 is 5.97 Å². The number of amides is 1. The molecule has 2 aromatic heterocycles. The molecule has 156 valence electrons. The molecule has 0 spiro atoms. The van der Waals surface area contributed by atoms with E-state index in [1.54, 1.807) is 36.0 Å². The van der Waals surface area contributed by atoms with Crippen molar-refractivity contribution in [3.8, 4) is 0 Å². The number of carbonyl (C=O) groups excluding carboxylic acids is 2. The summed E-state index contributed by atoms with van der Waals surface area (Å²) in [5, 5.41) is 4.84. The van der Waals surface area contributed by atoms with Crippen molar-refractivity contribution in [1.82, 2.24) is 19.1 Å². The molecule has 1 aliphatic heterocycles. The van der Waals surface area contributed by atoms with Crippen LogP contribution >= 0.6 is 0 Å². The molecular weight excluding hydrogens is 408 g/mol. The first-order valence-corrected chi connectivity index (χ1v) is 10.8. The first-order chi connectivity index (χ1) is 14.2. The molecule has 0 unspecified atom stereocenters. The number of esters is 1. The topological polar surface area (TPSA) is 111 Å². The van der Waals surface area contributed by atoms with Gasteiger partial charge in [0.1, 0.15) is 11.5 Å². The van der Waals surface area contributed by atoms with E-state index >= 15 is 0 Å². The number of carbonyl (C=O) groups is 2. The Morgan fingerprint density at radius 1 is 1.23 bits per heavy atom. The molecule has 9 nitrogen and oxygen atoms in total. The number of benzene rings is 1. The average molecular weight is 428 g/mol. The predicted molar refractivity (Wildman–Crippen MR) is 108 cm³/mol. The molecule has 1 amide bonds. The highest BCUT2D eigenvalue weighted by Crippen LogP contribution is 2.29. The van der Waals surface area contributed by atoms with E-state index < -0.39 is 21.9 Å². The van der Waals surface area contributed by atoms with E-state index in [9.17, 15) is 18.0 Å². The molecule has 4 rings (SSSR count). The number of aryl methyl sites for hydroxylation is 1. The lowest BCUT2D eigenvalue weighted by molar-refractivity contribution is 0.0479. The third kappa shape index (κ3) is 3.13. The Balaban J connectivity index is 1.52. The van der Waals surface area contributed by atoms with Crippen LogP contribution in [0.5, 0.6) is 0 Å². The van der Waals surface area contributed by atoms with Gasteiger partial charge in [-0.1, -0.05) is 12.1 Å². The fourth-order valence-electron chi connectivity index (χ4n) is 3.44. The van der Waals surface area contributed by atoms with Crippen molar-refractivity contribution in [2.45, 2.75) is 31.7 Å². The highest BCUT2D eigenvalue weighted by molar-refractivity contribution is 7.90. The fourth-order valence-corrected chi connectivity index (χ4v) is 4.99. The summed E-state index contributed by atoms with van der Waals surface area (Å²) >= 11 is 0. The summed E-state index contributed by atoms with van der Waals surface area (Å²) in [5.41, 5.74) is 1.62. The zero-order chi connectivity index (χ0) is 21.6. The number of aromatic nitrogens is 3. The molecule has 0 radical (unpaired) electrons. The molecule has 0 N–H and O–H groups in total. The van der Waals surface area contributed by atoms with Crippen molar-refractivity contribution < 1.29 is 22.7 Å². The standard InChI is InChI=1S/C20H20N4O5S/c1-12(2)24-18-16(11-21-24)15(10-13(3)22-18)20(26)29-9-8-23-19(25)14-6-4-5-7-17(14)30(23,27)28/h4-7,10-12H,8-9H2,1-3H3. The van der Waals surface area contributed by atoms with Crippen LogP contribution in [-0.2, 0) is 14.8 Å². The maximum absolute atomic E-state index is 12.7. The van der Waals surface area contributed by atoms with E-state index in [2.05, 4.69) is 10.1 Å². The van der Waals surface area contributed by atoms with E-state index in [4.69, 9.17) is 4.74 Å². The van der Waals surface area contributed by atoms with Crippen LogP contribution in [0.1, 0.15) is 46.3 Å². The van der Waals surface area contributed by atoms with Gasteiger partial charge in [0.2, 0.25) is 0 Å². The second-order valence-electron chi connectivity index (χ2n) is 7.25. The molecule has 0 aliphatic carbocycles. The average Bonchev–Trinajstić information content (AvgIpc) is 3.20. The molecule has 3 aromatic rings. The summed E-state index contributed by atoms with van der Waals surface area (Å²) in [6, 6.07) is 7.67. The molecule has 10 heteroatoms. The summed E-state index contributed by atoms with van der Waals surface area (Å²) in [5.74, 6) is -1.25. The highest BCUT2D eigenvalue weighted by Gasteiger charge is 2.40. The number of ether oxygens (including phenoxy) is 1. The molecule has 0 bridgehead atoms. The molecular formula is C20H20N4O5S. The fraction of sp³-hybridized carbons (Fsp3) is 0.300. The zero-order valence-electron chi connectivity index (χ0n) is 16.7. The van der Waals surface area contributed by atoms with Gasteiger partial charge < -0.3 is 4.74 Å². The molecule has 30 heavy (non-hydrogen) atoms. The van der Waals surface area contributed by atoms with Crippen LogP contribution in [0.2, 0.25) is 0 Å². The van der Waals surface area contributed by atoms with Crippen molar-refractivity contribution in [3.63, 3.8) is 0 Å². The van der Waals surface area contributed by atoms with Crippen LogP contribution in [-0.4, -0.2) is 52.5 Å². The number of fused-ring (bicyclic) bond motifs is 2. The summed E-state index contributed by atoms with van der Waals surface area (Å²) in [7, 11) is -3.94. The van der Waals surface area contributed by atoms with Gasteiger partial charge in [-0.05, 0) is 39.0 Å². The summed E-state index contributed by atoms with van der Waals surface area (Å²) < 4.78 is 32.9. The third-order valence-electron chi connectivity index (χ3n) is 4.84. The Morgan fingerprint density at radius 2 is 1.97 bits per heavy atom. The van der Waals surface area contributed by atoms with Gasteiger partial charge in [-0.25, -0.2) is 27.2 Å². The van der Waals surface area contributed by atoms with Gasteiger partial charge in [-0.3, -0.25) is 4.79 Å². The van der Waals surface area contributed by atoms with Crippen LogP contribution in [0.15, 0.2) is 41.4 Å². The highest BCUT2D eigenvalue weighted by atomic mass is 32.2. The van der Waals surface area contributed by atoms with E-state index in [0.29, 0.717) is 22.3 Å². The largest absolute Gasteiger partial charge is 0.460 e. The van der Waals surface area contributed by atoms with Gasteiger partial charge in [0.05, 0.1) is 29.3 Å². The van der Waals surface area contributed by atoms with Gasteiger partial charge in [0.25, 0.3) is 15.9 Å². The Kier molecular flexibility index (Phi) is 4.81. The maximum Gasteiger partial charge on any atom is 0.339 e. The minimum absolute atomic E-state index is 0.0334. The predicted octanol–water partition coefficient (Wildman–Crippen LogP) is 2.32. The number of nitrogens with zero attached hydrogens (tertiary/aromatic N) is 4.